The van der Waals surface area contributed by atoms with Crippen LogP contribution in [0.5, 0.6) is 0 Å². The fraction of sp³-hybridized carbons (Fsp3) is 0. The maximum Gasteiger partial charge on any atom is 1.00 e. The predicted molar refractivity (Wildman–Crippen MR) is 26.7 cm³/mol. The summed E-state index contributed by atoms with van der Waals surface area (Å²) in [6.07, 6.45) is 0. The second kappa shape index (κ2) is 15.7. The van der Waals surface area contributed by atoms with E-state index < -0.39 is 10.2 Å². The molecule has 0 rings (SSSR count). The average molecular weight is 254 g/mol. The molecule has 0 bridgehead atoms. The van der Waals surface area contributed by atoms with Gasteiger partial charge in [0.25, 0.3) is 0 Å². The smallest absolute Gasteiger partial charge is 0.369 e. The van der Waals surface area contributed by atoms with Crippen molar-refractivity contribution in [3.05, 3.63) is 30.6 Å². The number of nitrogens with zero attached hydrogens (tertiary/aromatic N) is 2. The number of quaternary nitrogens is 1. The zero-order chi connectivity index (χ0) is 7.15. The van der Waals surface area contributed by atoms with E-state index in [0.29, 0.717) is 0 Å². The van der Waals surface area contributed by atoms with Crippen molar-refractivity contribution in [1.29, 1.82) is 0 Å². The van der Waals surface area contributed by atoms with Gasteiger partial charge in [-0.05, 0) is 0 Å². The van der Waals surface area contributed by atoms with Crippen molar-refractivity contribution in [3.8, 4) is 0 Å². The first kappa shape index (κ1) is 22.8. The van der Waals surface area contributed by atoms with Crippen LogP contribution < -0.4 is 6.15 Å². The van der Waals surface area contributed by atoms with E-state index in [1.54, 1.807) is 0 Å². The van der Waals surface area contributed by atoms with Crippen molar-refractivity contribution >= 4 is 0 Å². The molecule has 0 aromatic carbocycles. The van der Waals surface area contributed by atoms with Crippen LogP contribution in [0, 0.1) is 30.6 Å². The molecule has 0 spiro atoms. The molecular weight excluding hydrogens is 250 g/mol. The Hall–Kier alpha value is -0.718. The molecule has 0 aliphatic carbocycles. The number of hydrogen-bond donors (Lipinski definition) is 1. The first-order valence-corrected chi connectivity index (χ1v) is 1.10. The van der Waals surface area contributed by atoms with Crippen LogP contribution in [0.3, 0.4) is 0 Å². The van der Waals surface area contributed by atoms with Crippen LogP contribution in [0.2, 0.25) is 0 Å². The number of rotatable bonds is 0. The van der Waals surface area contributed by atoms with Gasteiger partial charge in [0.1, 0.15) is 0 Å². The third-order valence-electron chi connectivity index (χ3n) is 0. The monoisotopic (exact) mass is 256 g/mol. The molecule has 0 fully saturated rings. The Kier molecular flexibility index (Phi) is 35.9. The molecule has 57 valence electrons. The van der Waals surface area contributed by atoms with E-state index in [4.69, 9.17) is 30.6 Å². The first-order chi connectivity index (χ1) is 3.46. The third kappa shape index (κ3) is 558. The molecule has 9 nitrogen and oxygen atoms in total. The van der Waals surface area contributed by atoms with Crippen LogP contribution in [0.4, 0.5) is 0 Å². The molecule has 1 radical (unpaired) electrons. The van der Waals surface area contributed by atoms with Crippen LogP contribution in [0.15, 0.2) is 0 Å². The summed E-state index contributed by atoms with van der Waals surface area (Å²) < 4.78 is 0. The molecule has 0 aliphatic rings. The normalized spacial score (nSPS) is 4.80. The third-order valence-corrected chi connectivity index (χ3v) is 0. The van der Waals surface area contributed by atoms with Gasteiger partial charge in [-0.15, -0.1) is 0 Å². The van der Waals surface area contributed by atoms with Gasteiger partial charge in [-0.25, -0.2) is 0 Å². The van der Waals surface area contributed by atoms with Crippen molar-refractivity contribution < 1.29 is 37.5 Å². The molecular formula is H4CdN3O6. The van der Waals surface area contributed by atoms with Gasteiger partial charge in [-0.3, -0.25) is 0 Å². The van der Waals surface area contributed by atoms with E-state index in [9.17, 15) is 0 Å². The molecule has 10 heavy (non-hydrogen) atoms. The zero-order valence-electron chi connectivity index (χ0n) is 5.05. The maximum absolute atomic E-state index is 8.25. The Labute approximate surface area is 74.6 Å². The van der Waals surface area contributed by atoms with Gasteiger partial charge >= 0.3 is 27.3 Å². The molecule has 0 amide bonds. The Morgan fingerprint density at radius 2 is 0.800 bits per heavy atom. The SMILES string of the molecule is O=[N+]([O-])[O-].O=[N+]([O-])[O-].[Cd+].[NH4+]. The summed E-state index contributed by atoms with van der Waals surface area (Å²) >= 11 is 0. The molecule has 0 atom stereocenters. The zero-order valence-corrected chi connectivity index (χ0v) is 9.09. The van der Waals surface area contributed by atoms with Gasteiger partial charge in [-0.1, -0.05) is 0 Å². The molecule has 0 unspecified atom stereocenters. The molecule has 0 saturated carbocycles. The Balaban J connectivity index is -0.0000000300. The molecule has 0 aromatic heterocycles. The van der Waals surface area contributed by atoms with Gasteiger partial charge in [0.2, 0.25) is 0 Å². The van der Waals surface area contributed by atoms with E-state index in [-0.39, 0.29) is 33.4 Å². The van der Waals surface area contributed by atoms with Crippen LogP contribution >= 0.6 is 0 Å². The molecule has 0 saturated heterocycles. The van der Waals surface area contributed by atoms with Crippen LogP contribution in [0.25, 0.3) is 0 Å². The van der Waals surface area contributed by atoms with Crippen LogP contribution in [-0.4, -0.2) is 10.2 Å². The Bertz CT molecular complexity index is 71.0. The first-order valence-electron chi connectivity index (χ1n) is 1.10. The summed E-state index contributed by atoms with van der Waals surface area (Å²) in [7, 11) is 0. The van der Waals surface area contributed by atoms with Crippen molar-refractivity contribution in [1.82, 2.24) is 6.15 Å². The summed E-state index contributed by atoms with van der Waals surface area (Å²) in [5, 5.41) is 29.5. The van der Waals surface area contributed by atoms with E-state index in [2.05, 4.69) is 0 Å². The van der Waals surface area contributed by atoms with Gasteiger partial charge in [0, 0.05) is 0 Å². The second-order valence-electron chi connectivity index (χ2n) is 0.447. The minimum absolute atomic E-state index is 0. The average Bonchev–Trinajstić information content (AvgIpc) is 1.25. The minimum Gasteiger partial charge on any atom is -0.369 e. The molecule has 0 heterocycles. The summed E-state index contributed by atoms with van der Waals surface area (Å²) in [5.74, 6) is 0. The second-order valence-corrected chi connectivity index (χ2v) is 0.447. The summed E-state index contributed by atoms with van der Waals surface area (Å²) in [5.41, 5.74) is 0. The van der Waals surface area contributed by atoms with E-state index in [1.165, 1.54) is 0 Å². The quantitative estimate of drug-likeness (QED) is 0.359. The summed E-state index contributed by atoms with van der Waals surface area (Å²) in [6.45, 7) is 0. The fourth-order valence-electron chi connectivity index (χ4n) is 0. The van der Waals surface area contributed by atoms with Gasteiger partial charge in [0.15, 0.2) is 0 Å². The van der Waals surface area contributed by atoms with E-state index in [0.717, 1.165) is 0 Å². The van der Waals surface area contributed by atoms with Crippen molar-refractivity contribution in [2.75, 3.05) is 0 Å². The van der Waals surface area contributed by atoms with E-state index >= 15 is 0 Å². The van der Waals surface area contributed by atoms with Crippen LogP contribution in [0.1, 0.15) is 0 Å². The van der Waals surface area contributed by atoms with Crippen molar-refractivity contribution in [2.24, 2.45) is 0 Å². The van der Waals surface area contributed by atoms with Gasteiger partial charge < -0.3 is 36.8 Å². The van der Waals surface area contributed by atoms with Crippen LogP contribution in [-0.2, 0) is 27.3 Å². The Morgan fingerprint density at radius 1 is 0.800 bits per heavy atom. The van der Waals surface area contributed by atoms with Gasteiger partial charge in [-0.2, -0.15) is 0 Å². The molecule has 0 aromatic rings. The van der Waals surface area contributed by atoms with Crippen molar-refractivity contribution in [2.45, 2.75) is 0 Å². The summed E-state index contributed by atoms with van der Waals surface area (Å²) in [4.78, 5) is 16.5. The predicted octanol–water partition coefficient (Wildman–Crippen LogP) is -0.105. The summed E-state index contributed by atoms with van der Waals surface area (Å²) in [6, 6.07) is 0. The molecule has 0 aliphatic heterocycles. The number of hydrogen-bond acceptors (Lipinski definition) is 6. The minimum atomic E-state index is -1.75. The Morgan fingerprint density at radius 3 is 0.800 bits per heavy atom. The van der Waals surface area contributed by atoms with Gasteiger partial charge in [0.05, 0.1) is 10.2 Å². The van der Waals surface area contributed by atoms with Crippen molar-refractivity contribution in [3.63, 3.8) is 0 Å². The van der Waals surface area contributed by atoms with E-state index in [1.807, 2.05) is 0 Å². The molecule has 10 heteroatoms. The fourth-order valence-corrected chi connectivity index (χ4v) is 0. The topological polar surface area (TPSA) is 169 Å². The largest absolute Gasteiger partial charge is 1.00 e. The maximum atomic E-state index is 8.25. The molecule has 4 N–H and O–H groups in total. The standard InChI is InChI=1S/Cd.2NO3.H3N/c;2*2-1(3)4;/h;;;1H3/q+1;2*-1;/p+1.